The van der Waals surface area contributed by atoms with Crippen LogP contribution >= 0.6 is 0 Å². The van der Waals surface area contributed by atoms with Crippen molar-refractivity contribution in [3.63, 3.8) is 0 Å². The first-order chi connectivity index (χ1) is 10.7. The number of carbonyl (C=O) groups is 3. The summed E-state index contributed by atoms with van der Waals surface area (Å²) in [5, 5.41) is 8.28. The van der Waals surface area contributed by atoms with E-state index in [0.29, 0.717) is 23.5 Å². The molecule has 1 rings (SSSR count). The summed E-state index contributed by atoms with van der Waals surface area (Å²) in [5.41, 5.74) is 1.57. The SMILES string of the molecule is CCC(=O)Nc1cc(NC(=O)C(C)C)cc(NC(=O)C(C)C)c1. The molecule has 6 heteroatoms. The fourth-order valence-corrected chi connectivity index (χ4v) is 1.67. The minimum Gasteiger partial charge on any atom is -0.326 e. The van der Waals surface area contributed by atoms with Crippen LogP contribution in [0, 0.1) is 11.8 Å². The number of amides is 3. The van der Waals surface area contributed by atoms with E-state index in [4.69, 9.17) is 0 Å². The lowest BCUT2D eigenvalue weighted by Gasteiger charge is -2.14. The van der Waals surface area contributed by atoms with Gasteiger partial charge in [-0.1, -0.05) is 34.6 Å². The molecule has 6 nitrogen and oxygen atoms in total. The van der Waals surface area contributed by atoms with Crippen molar-refractivity contribution in [3.05, 3.63) is 18.2 Å². The van der Waals surface area contributed by atoms with Crippen molar-refractivity contribution in [2.45, 2.75) is 41.0 Å². The van der Waals surface area contributed by atoms with E-state index in [-0.39, 0.29) is 29.6 Å². The summed E-state index contributed by atoms with van der Waals surface area (Å²) in [6.07, 6.45) is 0.344. The van der Waals surface area contributed by atoms with Crippen LogP contribution < -0.4 is 16.0 Å². The van der Waals surface area contributed by atoms with Gasteiger partial charge in [-0.2, -0.15) is 0 Å². The van der Waals surface area contributed by atoms with Crippen molar-refractivity contribution in [2.24, 2.45) is 11.8 Å². The zero-order valence-corrected chi connectivity index (χ0v) is 14.3. The summed E-state index contributed by atoms with van der Waals surface area (Å²) in [6, 6.07) is 5.00. The van der Waals surface area contributed by atoms with Crippen LogP contribution in [-0.2, 0) is 14.4 Å². The van der Waals surface area contributed by atoms with Gasteiger partial charge in [0.2, 0.25) is 17.7 Å². The summed E-state index contributed by atoms with van der Waals surface area (Å²) in [7, 11) is 0. The standard InChI is InChI=1S/C17H25N3O3/c1-6-15(21)18-12-7-13(19-16(22)10(2)3)9-14(8-12)20-17(23)11(4)5/h7-11H,6H2,1-5H3,(H,18,21)(H,19,22)(H,20,23). The Hall–Kier alpha value is -2.37. The molecule has 0 saturated heterocycles. The van der Waals surface area contributed by atoms with Crippen molar-refractivity contribution < 1.29 is 14.4 Å². The van der Waals surface area contributed by atoms with Crippen LogP contribution in [0.1, 0.15) is 41.0 Å². The number of rotatable bonds is 6. The fourth-order valence-electron chi connectivity index (χ4n) is 1.67. The predicted octanol–water partition coefficient (Wildman–Crippen LogP) is 3.22. The molecule has 1 aromatic carbocycles. The van der Waals surface area contributed by atoms with E-state index in [9.17, 15) is 14.4 Å². The minimum absolute atomic E-state index is 0.134. The Balaban J connectivity index is 3.08. The van der Waals surface area contributed by atoms with Crippen molar-refractivity contribution in [2.75, 3.05) is 16.0 Å². The van der Waals surface area contributed by atoms with E-state index in [0.717, 1.165) is 0 Å². The lowest BCUT2D eigenvalue weighted by molar-refractivity contribution is -0.119. The van der Waals surface area contributed by atoms with Gasteiger partial charge in [-0.25, -0.2) is 0 Å². The van der Waals surface area contributed by atoms with Crippen LogP contribution in [0.5, 0.6) is 0 Å². The predicted molar refractivity (Wildman–Crippen MR) is 92.3 cm³/mol. The van der Waals surface area contributed by atoms with E-state index < -0.39 is 0 Å². The third kappa shape index (κ3) is 6.10. The van der Waals surface area contributed by atoms with Gasteiger partial charge >= 0.3 is 0 Å². The molecule has 0 fully saturated rings. The van der Waals surface area contributed by atoms with Gasteiger partial charge in [-0.3, -0.25) is 14.4 Å². The van der Waals surface area contributed by atoms with E-state index in [2.05, 4.69) is 16.0 Å². The first-order valence-electron chi connectivity index (χ1n) is 7.79. The number of hydrogen-bond acceptors (Lipinski definition) is 3. The average Bonchev–Trinajstić information content (AvgIpc) is 2.46. The fraction of sp³-hybridized carbons (Fsp3) is 0.471. The number of hydrogen-bond donors (Lipinski definition) is 3. The Morgan fingerprint density at radius 1 is 0.783 bits per heavy atom. The lowest BCUT2D eigenvalue weighted by Crippen LogP contribution is -2.20. The normalized spacial score (nSPS) is 10.6. The van der Waals surface area contributed by atoms with Crippen molar-refractivity contribution in [3.8, 4) is 0 Å². The maximum atomic E-state index is 11.9. The van der Waals surface area contributed by atoms with Crippen molar-refractivity contribution in [1.82, 2.24) is 0 Å². The number of benzene rings is 1. The maximum absolute atomic E-state index is 11.9. The molecule has 126 valence electrons. The molecule has 0 aromatic heterocycles. The first kappa shape index (κ1) is 18.7. The highest BCUT2D eigenvalue weighted by Gasteiger charge is 2.12. The Labute approximate surface area is 137 Å². The third-order valence-electron chi connectivity index (χ3n) is 3.12. The van der Waals surface area contributed by atoms with Crippen LogP contribution in [0.25, 0.3) is 0 Å². The summed E-state index contributed by atoms with van der Waals surface area (Å²) in [5.74, 6) is -0.746. The van der Waals surface area contributed by atoms with E-state index >= 15 is 0 Å². The van der Waals surface area contributed by atoms with Crippen molar-refractivity contribution in [1.29, 1.82) is 0 Å². The highest BCUT2D eigenvalue weighted by molar-refractivity contribution is 5.98. The second kappa shape index (κ2) is 8.31. The van der Waals surface area contributed by atoms with Gasteiger partial charge in [-0.15, -0.1) is 0 Å². The van der Waals surface area contributed by atoms with E-state index in [1.807, 2.05) is 0 Å². The molecule has 0 bridgehead atoms. The Kier molecular flexibility index (Phi) is 6.75. The Morgan fingerprint density at radius 3 is 1.43 bits per heavy atom. The molecule has 0 radical (unpaired) electrons. The first-order valence-corrected chi connectivity index (χ1v) is 7.79. The topological polar surface area (TPSA) is 87.3 Å². The second-order valence-electron chi connectivity index (χ2n) is 5.99. The summed E-state index contributed by atoms with van der Waals surface area (Å²) >= 11 is 0. The van der Waals surface area contributed by atoms with Gasteiger partial charge in [-0.05, 0) is 18.2 Å². The smallest absolute Gasteiger partial charge is 0.226 e. The largest absolute Gasteiger partial charge is 0.326 e. The molecule has 0 aliphatic carbocycles. The zero-order valence-electron chi connectivity index (χ0n) is 14.3. The quantitative estimate of drug-likeness (QED) is 0.752. The highest BCUT2D eigenvalue weighted by atomic mass is 16.2. The molecule has 0 saturated carbocycles. The zero-order chi connectivity index (χ0) is 17.6. The number of nitrogens with one attached hydrogen (secondary N) is 3. The molecule has 0 unspecified atom stereocenters. The van der Waals surface area contributed by atoms with Crippen LogP contribution in [0.4, 0.5) is 17.1 Å². The molecule has 0 aliphatic heterocycles. The van der Waals surface area contributed by atoms with Gasteiger partial charge in [0.25, 0.3) is 0 Å². The van der Waals surface area contributed by atoms with E-state index in [1.165, 1.54) is 0 Å². The molecular weight excluding hydrogens is 294 g/mol. The molecule has 1 aromatic rings. The van der Waals surface area contributed by atoms with Crippen LogP contribution in [-0.4, -0.2) is 17.7 Å². The minimum atomic E-state index is -0.169. The number of anilines is 3. The van der Waals surface area contributed by atoms with Gasteiger partial charge < -0.3 is 16.0 Å². The monoisotopic (exact) mass is 319 g/mol. The molecule has 0 aliphatic rings. The van der Waals surface area contributed by atoms with Crippen LogP contribution in [0.2, 0.25) is 0 Å². The Morgan fingerprint density at radius 2 is 1.13 bits per heavy atom. The van der Waals surface area contributed by atoms with Gasteiger partial charge in [0.05, 0.1) is 0 Å². The maximum Gasteiger partial charge on any atom is 0.226 e. The highest BCUT2D eigenvalue weighted by Crippen LogP contribution is 2.24. The van der Waals surface area contributed by atoms with Crippen molar-refractivity contribution >= 4 is 34.8 Å². The Bertz CT molecular complexity index is 554. The van der Waals surface area contributed by atoms with Crippen LogP contribution in [0.15, 0.2) is 18.2 Å². The van der Waals surface area contributed by atoms with E-state index in [1.54, 1.807) is 52.8 Å². The molecular formula is C17H25N3O3. The third-order valence-corrected chi connectivity index (χ3v) is 3.12. The number of carbonyl (C=O) groups excluding carboxylic acids is 3. The molecule has 3 N–H and O–H groups in total. The molecule has 0 atom stereocenters. The van der Waals surface area contributed by atoms with Gasteiger partial charge in [0, 0.05) is 35.3 Å². The molecule has 0 spiro atoms. The molecule has 23 heavy (non-hydrogen) atoms. The molecule has 3 amide bonds. The van der Waals surface area contributed by atoms with Gasteiger partial charge in [0.1, 0.15) is 0 Å². The summed E-state index contributed by atoms with van der Waals surface area (Å²) < 4.78 is 0. The summed E-state index contributed by atoms with van der Waals surface area (Å²) in [6.45, 7) is 8.92. The lowest BCUT2D eigenvalue weighted by atomic mass is 10.1. The second-order valence-corrected chi connectivity index (χ2v) is 5.99. The van der Waals surface area contributed by atoms with Crippen LogP contribution in [0.3, 0.4) is 0 Å². The van der Waals surface area contributed by atoms with Gasteiger partial charge in [0.15, 0.2) is 0 Å². The summed E-state index contributed by atoms with van der Waals surface area (Å²) in [4.78, 5) is 35.3. The molecule has 0 heterocycles. The average molecular weight is 319 g/mol.